The van der Waals surface area contributed by atoms with E-state index in [1.807, 2.05) is 6.92 Å². The van der Waals surface area contributed by atoms with Gasteiger partial charge in [-0.3, -0.25) is 9.97 Å². The Labute approximate surface area is 147 Å². The predicted molar refractivity (Wildman–Crippen MR) is 86.1 cm³/mol. The van der Waals surface area contributed by atoms with E-state index in [-0.39, 0.29) is 17.1 Å². The van der Waals surface area contributed by atoms with Crippen LogP contribution in [-0.4, -0.2) is 38.8 Å². The Hall–Kier alpha value is -1.04. The Morgan fingerprint density at radius 3 is 2.32 bits per heavy atom. The SMILES string of the molecule is C/C(=N\N=C(/[S-])N1CC2CCC(CC2)C1)c1cnccn1.[Cu+]. The third-order valence-corrected chi connectivity index (χ3v) is 4.75. The number of hydrogen-bond acceptors (Lipinski definition) is 5. The van der Waals surface area contributed by atoms with Gasteiger partial charge in [0, 0.05) is 30.7 Å². The van der Waals surface area contributed by atoms with Crippen molar-refractivity contribution in [2.24, 2.45) is 22.0 Å². The average molecular weight is 366 g/mol. The first-order valence-electron chi connectivity index (χ1n) is 7.53. The summed E-state index contributed by atoms with van der Waals surface area (Å²) in [5.74, 6) is 1.56. The summed E-state index contributed by atoms with van der Waals surface area (Å²) in [5, 5.41) is 9.08. The molecule has 2 aliphatic heterocycles. The summed E-state index contributed by atoms with van der Waals surface area (Å²) in [4.78, 5) is 10.5. The van der Waals surface area contributed by atoms with Gasteiger partial charge in [0.05, 0.1) is 11.9 Å². The summed E-state index contributed by atoms with van der Waals surface area (Å²) in [6.45, 7) is 3.96. The topological polar surface area (TPSA) is 53.7 Å². The van der Waals surface area contributed by atoms with Crippen molar-refractivity contribution in [2.75, 3.05) is 13.1 Å². The van der Waals surface area contributed by atoms with E-state index in [0.717, 1.165) is 36.3 Å². The Kier molecular flexibility index (Phi) is 6.29. The van der Waals surface area contributed by atoms with E-state index >= 15 is 0 Å². The molecular formula is C15H20CuN5S. The molecule has 2 bridgehead atoms. The maximum atomic E-state index is 5.45. The Morgan fingerprint density at radius 1 is 1.14 bits per heavy atom. The van der Waals surface area contributed by atoms with Crippen molar-refractivity contribution >= 4 is 23.5 Å². The van der Waals surface area contributed by atoms with E-state index in [2.05, 4.69) is 25.1 Å². The van der Waals surface area contributed by atoms with Crippen LogP contribution in [0.25, 0.3) is 0 Å². The van der Waals surface area contributed by atoms with Gasteiger partial charge in [0.15, 0.2) is 0 Å². The molecule has 4 rings (SSSR count). The maximum absolute atomic E-state index is 5.45. The van der Waals surface area contributed by atoms with Crippen molar-refractivity contribution in [3.05, 3.63) is 24.3 Å². The zero-order valence-corrected chi connectivity index (χ0v) is 14.3. The maximum Gasteiger partial charge on any atom is 1.00 e. The molecule has 7 heteroatoms. The molecule has 1 aromatic heterocycles. The molecule has 0 unspecified atom stereocenters. The molecule has 0 atom stereocenters. The predicted octanol–water partition coefficient (Wildman–Crippen LogP) is 2.22. The molecular weight excluding hydrogens is 346 g/mol. The van der Waals surface area contributed by atoms with Gasteiger partial charge < -0.3 is 17.5 Å². The molecule has 22 heavy (non-hydrogen) atoms. The molecule has 122 valence electrons. The minimum atomic E-state index is 0. The molecule has 1 aliphatic carbocycles. The fourth-order valence-electron chi connectivity index (χ4n) is 3.17. The van der Waals surface area contributed by atoms with E-state index in [9.17, 15) is 0 Å². The largest absolute Gasteiger partial charge is 1.00 e. The molecule has 3 aliphatic rings. The fraction of sp³-hybridized carbons (Fsp3) is 0.600. The van der Waals surface area contributed by atoms with Crippen LogP contribution in [0.1, 0.15) is 38.3 Å². The van der Waals surface area contributed by atoms with Gasteiger partial charge in [-0.2, -0.15) is 10.2 Å². The fourth-order valence-corrected chi connectivity index (χ4v) is 3.36. The van der Waals surface area contributed by atoms with Gasteiger partial charge in [-0.25, -0.2) is 0 Å². The summed E-state index contributed by atoms with van der Waals surface area (Å²) in [7, 11) is 0. The first-order chi connectivity index (χ1) is 10.2. The van der Waals surface area contributed by atoms with Gasteiger partial charge in [0.1, 0.15) is 5.69 Å². The minimum absolute atomic E-state index is 0. The monoisotopic (exact) mass is 365 g/mol. The van der Waals surface area contributed by atoms with E-state index in [0.29, 0.717) is 5.17 Å². The molecule has 3 fully saturated rings. The van der Waals surface area contributed by atoms with Gasteiger partial charge in [-0.15, -0.1) is 0 Å². The van der Waals surface area contributed by atoms with Crippen molar-refractivity contribution in [1.82, 2.24) is 14.9 Å². The molecule has 0 aromatic carbocycles. The van der Waals surface area contributed by atoms with Crippen LogP contribution in [0.5, 0.6) is 0 Å². The van der Waals surface area contributed by atoms with Crippen molar-refractivity contribution in [1.29, 1.82) is 0 Å². The Balaban J connectivity index is 0.00000176. The third kappa shape index (κ3) is 4.24. The van der Waals surface area contributed by atoms with Crippen LogP contribution in [-0.2, 0) is 29.7 Å². The van der Waals surface area contributed by atoms with Crippen LogP contribution in [0.15, 0.2) is 28.8 Å². The van der Waals surface area contributed by atoms with Crippen molar-refractivity contribution < 1.29 is 17.1 Å². The van der Waals surface area contributed by atoms with Crippen LogP contribution in [0.3, 0.4) is 0 Å². The van der Waals surface area contributed by atoms with Crippen molar-refractivity contribution in [2.45, 2.75) is 32.6 Å². The molecule has 1 saturated carbocycles. The second-order valence-corrected chi connectivity index (χ2v) is 6.32. The quantitative estimate of drug-likeness (QED) is 0.265. The first kappa shape index (κ1) is 17.3. The van der Waals surface area contributed by atoms with Crippen LogP contribution >= 0.6 is 0 Å². The van der Waals surface area contributed by atoms with Crippen LogP contribution in [0.2, 0.25) is 0 Å². The van der Waals surface area contributed by atoms with Crippen LogP contribution in [0.4, 0.5) is 0 Å². The molecule has 3 heterocycles. The number of nitrogens with zero attached hydrogens (tertiary/aromatic N) is 5. The van der Waals surface area contributed by atoms with E-state index < -0.39 is 0 Å². The summed E-state index contributed by atoms with van der Waals surface area (Å²) in [6.07, 6.45) is 10.3. The summed E-state index contributed by atoms with van der Waals surface area (Å²) in [6, 6.07) is 0. The second kappa shape index (κ2) is 7.99. The van der Waals surface area contributed by atoms with Crippen molar-refractivity contribution in [3.63, 3.8) is 0 Å². The zero-order valence-electron chi connectivity index (χ0n) is 12.6. The van der Waals surface area contributed by atoms with E-state index in [4.69, 9.17) is 12.6 Å². The zero-order chi connectivity index (χ0) is 14.7. The van der Waals surface area contributed by atoms with Gasteiger partial charge in [-0.1, -0.05) is 0 Å². The van der Waals surface area contributed by atoms with Crippen molar-refractivity contribution in [3.8, 4) is 0 Å². The van der Waals surface area contributed by atoms with Crippen LogP contribution in [0, 0.1) is 11.8 Å². The molecule has 1 aromatic rings. The molecule has 0 N–H and O–H groups in total. The van der Waals surface area contributed by atoms with Gasteiger partial charge in [0.2, 0.25) is 0 Å². The first-order valence-corrected chi connectivity index (χ1v) is 7.94. The number of rotatable bonds is 2. The summed E-state index contributed by atoms with van der Waals surface area (Å²) in [5.41, 5.74) is 1.48. The number of aromatic nitrogens is 2. The smallest absolute Gasteiger partial charge is 0.741 e. The molecule has 0 amide bonds. The molecule has 0 spiro atoms. The Bertz CT molecular complexity index is 526. The van der Waals surface area contributed by atoms with Gasteiger partial charge >= 0.3 is 17.1 Å². The molecule has 0 radical (unpaired) electrons. The van der Waals surface area contributed by atoms with Crippen LogP contribution < -0.4 is 0 Å². The Morgan fingerprint density at radius 2 is 1.77 bits per heavy atom. The summed E-state index contributed by atoms with van der Waals surface area (Å²) < 4.78 is 0. The second-order valence-electron chi connectivity index (χ2n) is 5.95. The summed E-state index contributed by atoms with van der Waals surface area (Å²) >= 11 is 5.45. The van der Waals surface area contributed by atoms with E-state index in [1.165, 1.54) is 25.7 Å². The standard InChI is InChI=1S/C15H21N5S.Cu/c1-11(14-8-16-6-7-17-14)18-19-15(21)20-9-12-2-3-13(10-20)5-4-12;/h6-8,12-13H,2-5,9-10H2,1H3,(H,19,21);/q;+1/p-1/b18-11+;. The normalized spacial score (nSPS) is 25.6. The number of hydrogen-bond donors (Lipinski definition) is 0. The number of amidine groups is 1. The van der Waals surface area contributed by atoms with E-state index in [1.54, 1.807) is 18.6 Å². The third-order valence-electron chi connectivity index (χ3n) is 4.41. The molecule has 5 nitrogen and oxygen atoms in total. The minimum Gasteiger partial charge on any atom is -0.741 e. The number of fused-ring (bicyclic) bond motifs is 4. The molecule has 2 saturated heterocycles. The van der Waals surface area contributed by atoms with Gasteiger partial charge in [-0.05, 0) is 44.4 Å². The van der Waals surface area contributed by atoms with Gasteiger partial charge in [0.25, 0.3) is 0 Å². The average Bonchev–Trinajstić information content (AvgIpc) is 2.87.